The van der Waals surface area contributed by atoms with E-state index in [0.717, 1.165) is 17.9 Å². The molecule has 0 atom stereocenters. The van der Waals surface area contributed by atoms with Crippen LogP contribution < -0.4 is 10.1 Å². The second-order valence-corrected chi connectivity index (χ2v) is 4.65. The summed E-state index contributed by atoms with van der Waals surface area (Å²) in [5.74, 6) is 0.0388. The Hall–Kier alpha value is -1.70. The summed E-state index contributed by atoms with van der Waals surface area (Å²) in [6.45, 7) is 0.651. The number of nitrogens with zero attached hydrogens (tertiary/aromatic N) is 1. The second-order valence-electron chi connectivity index (χ2n) is 3.56. The van der Waals surface area contributed by atoms with Gasteiger partial charge >= 0.3 is 6.36 Å². The highest BCUT2D eigenvalue weighted by atomic mass is 32.2. The summed E-state index contributed by atoms with van der Waals surface area (Å²) in [6.07, 6.45) is -4.74. The molecule has 0 unspecified atom stereocenters. The maximum Gasteiger partial charge on any atom is 0.573 e. The fraction of sp³-hybridized carbons (Fsp3) is 0.273. The molecule has 19 heavy (non-hydrogen) atoms. The van der Waals surface area contributed by atoms with Gasteiger partial charge in [-0.05, 0) is 24.3 Å². The first kappa shape index (κ1) is 13.7. The lowest BCUT2D eigenvalue weighted by atomic mass is 10.2. The number of thioether (sulfide) groups is 1. The van der Waals surface area contributed by atoms with Crippen LogP contribution in [0.5, 0.6) is 5.75 Å². The lowest BCUT2D eigenvalue weighted by Crippen LogP contribution is -2.27. The lowest BCUT2D eigenvalue weighted by molar-refractivity contribution is -0.274. The zero-order valence-electron chi connectivity index (χ0n) is 9.53. The summed E-state index contributed by atoms with van der Waals surface area (Å²) in [7, 11) is 0. The molecule has 1 aliphatic rings. The molecule has 1 aromatic carbocycles. The quantitative estimate of drug-likeness (QED) is 0.910. The van der Waals surface area contributed by atoms with Crippen LogP contribution in [0, 0.1) is 0 Å². The van der Waals surface area contributed by atoms with Gasteiger partial charge in [0.05, 0.1) is 6.54 Å². The molecule has 4 nitrogen and oxygen atoms in total. The number of halogens is 3. The molecule has 0 saturated carbocycles. The Labute approximate surface area is 111 Å². The number of rotatable bonds is 2. The summed E-state index contributed by atoms with van der Waals surface area (Å²) >= 11 is 1.42. The van der Waals surface area contributed by atoms with Gasteiger partial charge in [-0.15, -0.1) is 13.2 Å². The van der Waals surface area contributed by atoms with E-state index >= 15 is 0 Å². The minimum Gasteiger partial charge on any atom is -0.406 e. The highest BCUT2D eigenvalue weighted by molar-refractivity contribution is 8.14. The topological polar surface area (TPSA) is 50.7 Å². The van der Waals surface area contributed by atoms with Crippen LogP contribution in [0.2, 0.25) is 0 Å². The number of alkyl halides is 3. The van der Waals surface area contributed by atoms with Gasteiger partial charge in [0.1, 0.15) is 5.75 Å². The van der Waals surface area contributed by atoms with Crippen LogP contribution >= 0.6 is 11.8 Å². The molecule has 0 radical (unpaired) electrons. The maximum absolute atomic E-state index is 12.0. The van der Waals surface area contributed by atoms with Gasteiger partial charge < -0.3 is 10.1 Å². The fourth-order valence-corrected chi connectivity index (χ4v) is 2.11. The third-order valence-corrected chi connectivity index (χ3v) is 3.05. The van der Waals surface area contributed by atoms with Gasteiger partial charge in [0.25, 0.3) is 5.91 Å². The molecular weight excluding hydrogens is 281 g/mol. The average molecular weight is 290 g/mol. The second kappa shape index (κ2) is 5.52. The van der Waals surface area contributed by atoms with Gasteiger partial charge in [-0.2, -0.15) is 0 Å². The largest absolute Gasteiger partial charge is 0.573 e. The molecule has 102 valence electrons. The molecule has 0 saturated heterocycles. The molecule has 0 fully saturated rings. The number of carbonyl (C=O) groups excluding carboxylic acids is 1. The SMILES string of the molecule is O=C(NC1=NCCS1)c1ccc(OC(F)(F)F)cc1. The summed E-state index contributed by atoms with van der Waals surface area (Å²) in [5.41, 5.74) is 0.240. The Morgan fingerprint density at radius 1 is 1.32 bits per heavy atom. The van der Waals surface area contributed by atoms with E-state index in [4.69, 9.17) is 0 Å². The highest BCUT2D eigenvalue weighted by Crippen LogP contribution is 2.22. The third-order valence-electron chi connectivity index (χ3n) is 2.16. The minimum absolute atomic E-state index is 0.240. The number of amidine groups is 1. The monoisotopic (exact) mass is 290 g/mol. The summed E-state index contributed by atoms with van der Waals surface area (Å²) in [5, 5.41) is 3.10. The van der Waals surface area contributed by atoms with E-state index in [2.05, 4.69) is 15.0 Å². The summed E-state index contributed by atoms with van der Waals surface area (Å²) in [6, 6.07) is 4.70. The van der Waals surface area contributed by atoms with Gasteiger partial charge in [-0.25, -0.2) is 0 Å². The molecule has 1 heterocycles. The van der Waals surface area contributed by atoms with Gasteiger partial charge in [-0.3, -0.25) is 9.79 Å². The fourth-order valence-electron chi connectivity index (χ4n) is 1.39. The number of nitrogens with one attached hydrogen (secondary N) is 1. The van der Waals surface area contributed by atoms with Crippen LogP contribution in [0.4, 0.5) is 13.2 Å². The Balaban J connectivity index is 1.99. The number of benzene rings is 1. The molecule has 0 bridgehead atoms. The van der Waals surface area contributed by atoms with E-state index in [1.807, 2.05) is 0 Å². The van der Waals surface area contributed by atoms with Crippen molar-refractivity contribution in [2.24, 2.45) is 4.99 Å². The number of aliphatic imine (C=N–C) groups is 1. The molecule has 1 aliphatic heterocycles. The van der Waals surface area contributed by atoms with E-state index < -0.39 is 12.3 Å². The first-order valence-electron chi connectivity index (χ1n) is 5.28. The molecule has 0 aromatic heterocycles. The van der Waals surface area contributed by atoms with E-state index in [1.165, 1.54) is 23.9 Å². The predicted molar refractivity (Wildman–Crippen MR) is 65.4 cm³/mol. The average Bonchev–Trinajstić information content (AvgIpc) is 2.80. The van der Waals surface area contributed by atoms with Crippen molar-refractivity contribution in [2.75, 3.05) is 12.3 Å². The first-order valence-corrected chi connectivity index (χ1v) is 6.27. The molecule has 1 aromatic rings. The molecule has 0 spiro atoms. The first-order chi connectivity index (χ1) is 8.94. The lowest BCUT2D eigenvalue weighted by Gasteiger charge is -2.09. The Bertz CT molecular complexity index is 500. The smallest absolute Gasteiger partial charge is 0.406 e. The van der Waals surface area contributed by atoms with Crippen LogP contribution in [0.15, 0.2) is 29.3 Å². The summed E-state index contributed by atoms with van der Waals surface area (Å²) < 4.78 is 39.6. The van der Waals surface area contributed by atoms with E-state index in [9.17, 15) is 18.0 Å². The van der Waals surface area contributed by atoms with Crippen molar-refractivity contribution in [3.8, 4) is 5.75 Å². The van der Waals surface area contributed by atoms with Crippen molar-refractivity contribution in [2.45, 2.75) is 6.36 Å². The molecule has 0 aliphatic carbocycles. The van der Waals surface area contributed by atoms with Crippen molar-refractivity contribution in [1.82, 2.24) is 5.32 Å². The van der Waals surface area contributed by atoms with Crippen LogP contribution in [0.3, 0.4) is 0 Å². The van der Waals surface area contributed by atoms with Crippen LogP contribution in [-0.4, -0.2) is 29.7 Å². The Kier molecular flexibility index (Phi) is 3.98. The van der Waals surface area contributed by atoms with Crippen LogP contribution in [0.25, 0.3) is 0 Å². The Morgan fingerprint density at radius 3 is 2.53 bits per heavy atom. The van der Waals surface area contributed by atoms with Crippen molar-refractivity contribution < 1.29 is 22.7 Å². The van der Waals surface area contributed by atoms with Crippen LogP contribution in [-0.2, 0) is 0 Å². The standard InChI is InChI=1S/C11H9F3N2O2S/c12-11(13,14)18-8-3-1-7(2-4-8)9(17)16-10-15-5-6-19-10/h1-4H,5-6H2,(H,15,16,17). The predicted octanol–water partition coefficient (Wildman–Crippen LogP) is 2.42. The number of hydrogen-bond acceptors (Lipinski definition) is 4. The number of amides is 1. The van der Waals surface area contributed by atoms with Gasteiger partial charge in [-0.1, -0.05) is 11.8 Å². The third kappa shape index (κ3) is 4.16. The molecule has 1 N–H and O–H groups in total. The van der Waals surface area contributed by atoms with Gasteiger partial charge in [0, 0.05) is 11.3 Å². The minimum atomic E-state index is -4.74. The zero-order chi connectivity index (χ0) is 13.9. The van der Waals surface area contributed by atoms with Crippen molar-refractivity contribution in [1.29, 1.82) is 0 Å². The number of ether oxygens (including phenoxy) is 1. The number of carbonyl (C=O) groups is 1. The molecule has 1 amide bonds. The van der Waals surface area contributed by atoms with Crippen LogP contribution in [0.1, 0.15) is 10.4 Å². The van der Waals surface area contributed by atoms with Crippen molar-refractivity contribution >= 4 is 22.8 Å². The van der Waals surface area contributed by atoms with E-state index in [0.29, 0.717) is 11.7 Å². The van der Waals surface area contributed by atoms with Crippen molar-refractivity contribution in [3.05, 3.63) is 29.8 Å². The van der Waals surface area contributed by atoms with Gasteiger partial charge in [0.15, 0.2) is 5.17 Å². The van der Waals surface area contributed by atoms with E-state index in [-0.39, 0.29) is 11.3 Å². The normalized spacial score (nSPS) is 15.0. The number of hydrogen-bond donors (Lipinski definition) is 1. The zero-order valence-corrected chi connectivity index (χ0v) is 10.3. The molecular formula is C11H9F3N2O2S. The maximum atomic E-state index is 12.0. The Morgan fingerprint density at radius 2 is 2.00 bits per heavy atom. The van der Waals surface area contributed by atoms with E-state index in [1.54, 1.807) is 0 Å². The highest BCUT2D eigenvalue weighted by Gasteiger charge is 2.31. The summed E-state index contributed by atoms with van der Waals surface area (Å²) in [4.78, 5) is 15.8. The van der Waals surface area contributed by atoms with Gasteiger partial charge in [0.2, 0.25) is 0 Å². The molecule has 2 rings (SSSR count). The molecule has 8 heteroatoms. The van der Waals surface area contributed by atoms with Crippen molar-refractivity contribution in [3.63, 3.8) is 0 Å².